The smallest absolute Gasteiger partial charge is 0.321 e. The summed E-state index contributed by atoms with van der Waals surface area (Å²) in [6.07, 6.45) is 2.11. The number of amides is 1. The van der Waals surface area contributed by atoms with E-state index in [1.807, 2.05) is 36.4 Å². The molecule has 31 heavy (non-hydrogen) atoms. The Morgan fingerprint density at radius 3 is 2.61 bits per heavy atom. The van der Waals surface area contributed by atoms with Gasteiger partial charge in [0.15, 0.2) is 5.82 Å². The number of para-hydroxylation sites is 2. The number of fused-ring (bicyclic) bond motifs is 1. The highest BCUT2D eigenvalue weighted by Gasteiger charge is 2.23. The van der Waals surface area contributed by atoms with E-state index in [1.165, 1.54) is 7.11 Å². The number of imidazole rings is 1. The highest BCUT2D eigenvalue weighted by molar-refractivity contribution is 5.95. The van der Waals surface area contributed by atoms with E-state index in [0.29, 0.717) is 29.9 Å². The number of nitrogens with one attached hydrogen (secondary N) is 3. The number of carbonyl (C=O) groups excluding carboxylic acids is 1. The summed E-state index contributed by atoms with van der Waals surface area (Å²) in [5, 5.41) is 6.14. The number of anilines is 1. The molecule has 0 spiro atoms. The molecule has 9 nitrogen and oxygen atoms in total. The van der Waals surface area contributed by atoms with Gasteiger partial charge in [0.25, 0.3) is 5.91 Å². The quantitative estimate of drug-likeness (QED) is 0.425. The zero-order chi connectivity index (χ0) is 21.2. The minimum atomic E-state index is -0.0598. The van der Waals surface area contributed by atoms with Gasteiger partial charge in [0.2, 0.25) is 5.95 Å². The third-order valence-electron chi connectivity index (χ3n) is 4.97. The van der Waals surface area contributed by atoms with Crippen LogP contribution < -0.4 is 15.4 Å². The van der Waals surface area contributed by atoms with Crippen molar-refractivity contribution in [1.82, 2.24) is 30.2 Å². The lowest BCUT2D eigenvalue weighted by molar-refractivity contribution is 0.0951. The van der Waals surface area contributed by atoms with Crippen molar-refractivity contribution in [2.24, 2.45) is 0 Å². The fourth-order valence-corrected chi connectivity index (χ4v) is 3.18. The molecular formula is C22H21N7O2. The predicted octanol–water partition coefficient (Wildman–Crippen LogP) is 2.93. The van der Waals surface area contributed by atoms with Crippen LogP contribution in [-0.4, -0.2) is 44.0 Å². The van der Waals surface area contributed by atoms with E-state index in [1.54, 1.807) is 12.1 Å². The van der Waals surface area contributed by atoms with E-state index in [2.05, 4.69) is 35.6 Å². The SMILES string of the molecule is COc1nc(NCc2nc3ccccc3[nH]2)nc(-c2ccc(C(=O)NC3CC3)cc2)n1. The number of methoxy groups -OCH3 is 1. The number of aromatic amines is 1. The van der Waals surface area contributed by atoms with Crippen LogP contribution in [0.5, 0.6) is 6.01 Å². The average Bonchev–Trinajstić information content (AvgIpc) is 3.52. The summed E-state index contributed by atoms with van der Waals surface area (Å²) in [7, 11) is 1.51. The van der Waals surface area contributed by atoms with Crippen molar-refractivity contribution >= 4 is 22.9 Å². The standard InChI is InChI=1S/C22H21N7O2/c1-31-22-28-19(13-6-8-14(9-7-13)20(30)24-15-10-11-15)27-21(29-22)23-12-18-25-16-4-2-3-5-17(16)26-18/h2-9,15H,10-12H2,1H3,(H,24,30)(H,25,26)(H,23,27,28,29). The maximum absolute atomic E-state index is 12.2. The first-order valence-electron chi connectivity index (χ1n) is 10.1. The number of hydrogen-bond acceptors (Lipinski definition) is 7. The summed E-state index contributed by atoms with van der Waals surface area (Å²) < 4.78 is 5.24. The zero-order valence-corrected chi connectivity index (χ0v) is 16.9. The molecule has 1 amide bonds. The number of benzene rings is 2. The molecule has 2 aromatic carbocycles. The van der Waals surface area contributed by atoms with Crippen molar-refractivity contribution in [3.63, 3.8) is 0 Å². The van der Waals surface area contributed by atoms with Crippen molar-refractivity contribution in [3.05, 3.63) is 59.9 Å². The van der Waals surface area contributed by atoms with E-state index >= 15 is 0 Å². The van der Waals surface area contributed by atoms with E-state index in [4.69, 9.17) is 4.74 Å². The lowest BCUT2D eigenvalue weighted by Crippen LogP contribution is -2.25. The third-order valence-corrected chi connectivity index (χ3v) is 4.97. The van der Waals surface area contributed by atoms with Crippen molar-refractivity contribution in [2.45, 2.75) is 25.4 Å². The highest BCUT2D eigenvalue weighted by Crippen LogP contribution is 2.22. The Bertz CT molecular complexity index is 1200. The zero-order valence-electron chi connectivity index (χ0n) is 16.9. The van der Waals surface area contributed by atoms with Crippen LogP contribution >= 0.6 is 0 Å². The van der Waals surface area contributed by atoms with Crippen molar-refractivity contribution in [1.29, 1.82) is 0 Å². The number of H-pyrrole nitrogens is 1. The van der Waals surface area contributed by atoms with Gasteiger partial charge in [-0.2, -0.15) is 15.0 Å². The lowest BCUT2D eigenvalue weighted by atomic mass is 10.1. The molecule has 0 bridgehead atoms. The number of ether oxygens (including phenoxy) is 1. The molecule has 0 atom stereocenters. The van der Waals surface area contributed by atoms with Gasteiger partial charge in [0.1, 0.15) is 5.82 Å². The summed E-state index contributed by atoms with van der Waals surface area (Å²) in [4.78, 5) is 33.1. The molecule has 156 valence electrons. The normalized spacial score (nSPS) is 13.2. The van der Waals surface area contributed by atoms with Gasteiger partial charge in [-0.3, -0.25) is 4.79 Å². The van der Waals surface area contributed by atoms with Gasteiger partial charge in [-0.15, -0.1) is 0 Å². The summed E-state index contributed by atoms with van der Waals surface area (Å²) >= 11 is 0. The van der Waals surface area contributed by atoms with Gasteiger partial charge in [-0.1, -0.05) is 24.3 Å². The Morgan fingerprint density at radius 2 is 1.87 bits per heavy atom. The molecule has 1 aliphatic carbocycles. The minimum Gasteiger partial charge on any atom is -0.467 e. The van der Waals surface area contributed by atoms with Crippen LogP contribution in [0.3, 0.4) is 0 Å². The van der Waals surface area contributed by atoms with Crippen molar-refractivity contribution < 1.29 is 9.53 Å². The molecule has 0 radical (unpaired) electrons. The third kappa shape index (κ3) is 4.30. The molecule has 2 heterocycles. The predicted molar refractivity (Wildman–Crippen MR) is 116 cm³/mol. The Labute approximate surface area is 178 Å². The molecule has 1 saturated carbocycles. The van der Waals surface area contributed by atoms with Crippen molar-refractivity contribution in [3.8, 4) is 17.4 Å². The van der Waals surface area contributed by atoms with Gasteiger partial charge < -0.3 is 20.4 Å². The number of carbonyl (C=O) groups is 1. The molecule has 1 aliphatic rings. The number of aromatic nitrogens is 5. The van der Waals surface area contributed by atoms with Crippen LogP contribution in [0.25, 0.3) is 22.4 Å². The lowest BCUT2D eigenvalue weighted by Gasteiger charge is -2.08. The Hall–Kier alpha value is -4.01. The summed E-state index contributed by atoms with van der Waals surface area (Å²) in [5.41, 5.74) is 3.24. The first-order valence-corrected chi connectivity index (χ1v) is 10.1. The van der Waals surface area contributed by atoms with Gasteiger partial charge >= 0.3 is 6.01 Å². The van der Waals surface area contributed by atoms with Crippen LogP contribution in [0.1, 0.15) is 29.0 Å². The fourth-order valence-electron chi connectivity index (χ4n) is 3.18. The molecule has 0 unspecified atom stereocenters. The summed E-state index contributed by atoms with van der Waals surface area (Å²) in [6, 6.07) is 15.5. The van der Waals surface area contributed by atoms with Gasteiger partial charge in [-0.25, -0.2) is 4.98 Å². The van der Waals surface area contributed by atoms with Crippen molar-refractivity contribution in [2.75, 3.05) is 12.4 Å². The van der Waals surface area contributed by atoms with Crippen LogP contribution in [0.15, 0.2) is 48.5 Å². The van der Waals surface area contributed by atoms with Gasteiger partial charge in [-0.05, 0) is 37.1 Å². The van der Waals surface area contributed by atoms with Crippen LogP contribution in [0, 0.1) is 0 Å². The van der Waals surface area contributed by atoms with E-state index in [0.717, 1.165) is 35.3 Å². The molecule has 3 N–H and O–H groups in total. The van der Waals surface area contributed by atoms with E-state index < -0.39 is 0 Å². The highest BCUT2D eigenvalue weighted by atomic mass is 16.5. The molecule has 9 heteroatoms. The topological polar surface area (TPSA) is 118 Å². The number of hydrogen-bond donors (Lipinski definition) is 3. The number of rotatable bonds is 7. The molecule has 0 aliphatic heterocycles. The van der Waals surface area contributed by atoms with Crippen LogP contribution in [0.2, 0.25) is 0 Å². The van der Waals surface area contributed by atoms with E-state index in [9.17, 15) is 4.79 Å². The van der Waals surface area contributed by atoms with Gasteiger partial charge in [0.05, 0.1) is 24.7 Å². The number of nitrogens with zero attached hydrogens (tertiary/aromatic N) is 4. The van der Waals surface area contributed by atoms with Gasteiger partial charge in [0, 0.05) is 17.2 Å². The largest absolute Gasteiger partial charge is 0.467 e. The van der Waals surface area contributed by atoms with E-state index in [-0.39, 0.29) is 11.9 Å². The second-order valence-corrected chi connectivity index (χ2v) is 7.35. The maximum Gasteiger partial charge on any atom is 0.321 e. The molecule has 1 fully saturated rings. The molecular weight excluding hydrogens is 394 g/mol. The van der Waals surface area contributed by atoms with Crippen LogP contribution in [0.4, 0.5) is 5.95 Å². The molecule has 5 rings (SSSR count). The Balaban J connectivity index is 1.34. The first-order chi connectivity index (χ1) is 15.2. The maximum atomic E-state index is 12.2. The summed E-state index contributed by atoms with van der Waals surface area (Å²) in [5.74, 6) is 1.54. The fraction of sp³-hybridized carbons (Fsp3) is 0.227. The average molecular weight is 415 g/mol. The second-order valence-electron chi connectivity index (χ2n) is 7.35. The molecule has 2 aromatic heterocycles. The molecule has 0 saturated heterocycles. The Kier molecular flexibility index (Phi) is 4.91. The second kappa shape index (κ2) is 8.02. The van der Waals surface area contributed by atoms with Crippen LogP contribution in [-0.2, 0) is 6.54 Å². The monoisotopic (exact) mass is 415 g/mol. The first kappa shape index (κ1) is 19.0. The summed E-state index contributed by atoms with van der Waals surface area (Å²) in [6.45, 7) is 0.418. The minimum absolute atomic E-state index is 0.0598. The molecule has 4 aromatic rings. The Morgan fingerprint density at radius 1 is 1.06 bits per heavy atom.